The van der Waals surface area contributed by atoms with Gasteiger partial charge in [-0.1, -0.05) is 0 Å². The number of nitrogens with zero attached hydrogens (tertiary/aromatic N) is 3. The minimum Gasteiger partial charge on any atom is -0.358 e. The van der Waals surface area contributed by atoms with Gasteiger partial charge in [-0.15, -0.1) is 0 Å². The van der Waals surface area contributed by atoms with Gasteiger partial charge in [0.15, 0.2) is 0 Å². The summed E-state index contributed by atoms with van der Waals surface area (Å²) >= 11 is 0. The van der Waals surface area contributed by atoms with E-state index < -0.39 is 0 Å². The molecular weight excluding hydrogens is 194 g/mol. The van der Waals surface area contributed by atoms with Crippen LogP contribution < -0.4 is 10.6 Å². The zero-order valence-electron chi connectivity index (χ0n) is 8.53. The van der Waals surface area contributed by atoms with Crippen LogP contribution in [0.5, 0.6) is 0 Å². The summed E-state index contributed by atoms with van der Waals surface area (Å²) in [4.78, 5) is 18.9. The molecule has 1 aromatic rings. The number of nitrogens with one attached hydrogen (secondary N) is 2. The molecule has 0 radical (unpaired) electrons. The van der Waals surface area contributed by atoms with Gasteiger partial charge in [0.2, 0.25) is 11.9 Å². The van der Waals surface area contributed by atoms with Gasteiger partial charge in [0.25, 0.3) is 0 Å². The second-order valence-electron chi connectivity index (χ2n) is 2.86. The molecule has 1 amide bonds. The van der Waals surface area contributed by atoms with Crippen LogP contribution in [0.25, 0.3) is 0 Å². The van der Waals surface area contributed by atoms with Crippen LogP contribution in [0.15, 0.2) is 6.07 Å². The van der Waals surface area contributed by atoms with Gasteiger partial charge in [0.1, 0.15) is 11.8 Å². The average molecular weight is 205 g/mol. The SMILES string of the molecule is CNC(=O)CNc1nc(C)cc(C#N)n1. The summed E-state index contributed by atoms with van der Waals surface area (Å²) in [6.07, 6.45) is 0. The van der Waals surface area contributed by atoms with Crippen LogP contribution in [0.4, 0.5) is 5.95 Å². The highest BCUT2D eigenvalue weighted by Crippen LogP contribution is 2.02. The molecule has 0 aromatic carbocycles. The van der Waals surface area contributed by atoms with Crippen LogP contribution in [0.2, 0.25) is 0 Å². The van der Waals surface area contributed by atoms with Crippen LogP contribution in [-0.4, -0.2) is 29.5 Å². The van der Waals surface area contributed by atoms with Gasteiger partial charge in [0.05, 0.1) is 6.54 Å². The molecule has 0 bridgehead atoms. The fourth-order valence-corrected chi connectivity index (χ4v) is 0.953. The molecule has 6 heteroatoms. The molecule has 0 spiro atoms. The Morgan fingerprint density at radius 3 is 2.93 bits per heavy atom. The van der Waals surface area contributed by atoms with Crippen molar-refractivity contribution in [1.82, 2.24) is 15.3 Å². The monoisotopic (exact) mass is 205 g/mol. The van der Waals surface area contributed by atoms with Gasteiger partial charge in [0, 0.05) is 12.7 Å². The second kappa shape index (κ2) is 4.91. The molecule has 0 saturated carbocycles. The van der Waals surface area contributed by atoms with E-state index in [-0.39, 0.29) is 24.1 Å². The van der Waals surface area contributed by atoms with Gasteiger partial charge < -0.3 is 10.6 Å². The molecule has 0 saturated heterocycles. The van der Waals surface area contributed by atoms with Crippen LogP contribution >= 0.6 is 0 Å². The third-order valence-electron chi connectivity index (χ3n) is 1.65. The first kappa shape index (κ1) is 10.9. The number of anilines is 1. The molecule has 0 aliphatic carbocycles. The van der Waals surface area contributed by atoms with Gasteiger partial charge in [-0.25, -0.2) is 9.97 Å². The lowest BCUT2D eigenvalue weighted by molar-refractivity contribution is -0.118. The highest BCUT2D eigenvalue weighted by molar-refractivity contribution is 5.79. The highest BCUT2D eigenvalue weighted by atomic mass is 16.1. The maximum absolute atomic E-state index is 10.9. The maximum Gasteiger partial charge on any atom is 0.239 e. The Bertz CT molecular complexity index is 409. The molecule has 2 N–H and O–H groups in total. The predicted octanol–water partition coefficient (Wildman–Crippen LogP) is -0.185. The molecular formula is C9H11N5O. The van der Waals surface area contributed by atoms with Crippen molar-refractivity contribution in [3.8, 4) is 6.07 Å². The number of carbonyl (C=O) groups is 1. The first-order chi connectivity index (χ1) is 7.15. The first-order valence-corrected chi connectivity index (χ1v) is 4.36. The second-order valence-corrected chi connectivity index (χ2v) is 2.86. The lowest BCUT2D eigenvalue weighted by Crippen LogP contribution is -2.26. The number of carbonyl (C=O) groups excluding carboxylic acids is 1. The fraction of sp³-hybridized carbons (Fsp3) is 0.333. The lowest BCUT2D eigenvalue weighted by Gasteiger charge is -2.04. The van der Waals surface area contributed by atoms with E-state index in [2.05, 4.69) is 20.6 Å². The van der Waals surface area contributed by atoms with Gasteiger partial charge in [-0.3, -0.25) is 4.79 Å². The summed E-state index contributed by atoms with van der Waals surface area (Å²) in [5.41, 5.74) is 0.961. The number of hydrogen-bond donors (Lipinski definition) is 2. The Balaban J connectivity index is 2.74. The van der Waals surface area contributed by atoms with Crippen molar-refractivity contribution in [2.45, 2.75) is 6.92 Å². The molecule has 1 aromatic heterocycles. The van der Waals surface area contributed by atoms with Crippen molar-refractivity contribution in [1.29, 1.82) is 5.26 Å². The first-order valence-electron chi connectivity index (χ1n) is 4.36. The van der Waals surface area contributed by atoms with E-state index in [0.29, 0.717) is 5.69 Å². The largest absolute Gasteiger partial charge is 0.358 e. The van der Waals surface area contributed by atoms with Crippen molar-refractivity contribution in [2.75, 3.05) is 18.9 Å². The Morgan fingerprint density at radius 1 is 1.60 bits per heavy atom. The molecule has 6 nitrogen and oxygen atoms in total. The zero-order chi connectivity index (χ0) is 11.3. The lowest BCUT2D eigenvalue weighted by atomic mass is 10.3. The normalized spacial score (nSPS) is 9.13. The van der Waals surface area contributed by atoms with Crippen molar-refractivity contribution >= 4 is 11.9 Å². The van der Waals surface area contributed by atoms with Crippen LogP contribution in [-0.2, 0) is 4.79 Å². The van der Waals surface area contributed by atoms with E-state index in [9.17, 15) is 4.79 Å². The van der Waals surface area contributed by atoms with Crippen LogP contribution in [0.1, 0.15) is 11.4 Å². The number of rotatable bonds is 3. The molecule has 0 fully saturated rings. The molecule has 0 unspecified atom stereocenters. The third-order valence-corrected chi connectivity index (χ3v) is 1.65. The Kier molecular flexibility index (Phi) is 3.57. The minimum absolute atomic E-state index is 0.0881. The van der Waals surface area contributed by atoms with Crippen molar-refractivity contribution in [3.63, 3.8) is 0 Å². The quantitative estimate of drug-likeness (QED) is 0.714. The van der Waals surface area contributed by atoms with Crippen molar-refractivity contribution < 1.29 is 4.79 Å². The molecule has 0 aliphatic rings. The summed E-state index contributed by atoms with van der Waals surface area (Å²) in [6, 6.07) is 3.49. The Hall–Kier alpha value is -2.16. The average Bonchev–Trinajstić information content (AvgIpc) is 2.25. The molecule has 0 aliphatic heterocycles. The van der Waals surface area contributed by atoms with E-state index in [0.717, 1.165) is 0 Å². The Morgan fingerprint density at radius 2 is 2.33 bits per heavy atom. The number of hydrogen-bond acceptors (Lipinski definition) is 5. The minimum atomic E-state index is -0.168. The maximum atomic E-state index is 10.9. The fourth-order valence-electron chi connectivity index (χ4n) is 0.953. The van der Waals surface area contributed by atoms with E-state index in [1.807, 2.05) is 6.07 Å². The van der Waals surface area contributed by atoms with Crippen LogP contribution in [0, 0.1) is 18.3 Å². The number of aromatic nitrogens is 2. The number of likely N-dealkylation sites (N-methyl/N-ethyl adjacent to an activating group) is 1. The van der Waals surface area contributed by atoms with E-state index >= 15 is 0 Å². The molecule has 1 heterocycles. The molecule has 78 valence electrons. The summed E-state index contributed by atoms with van der Waals surface area (Å²) in [7, 11) is 1.54. The van der Waals surface area contributed by atoms with Crippen LogP contribution in [0.3, 0.4) is 0 Å². The molecule has 1 rings (SSSR count). The topological polar surface area (TPSA) is 90.7 Å². The molecule has 15 heavy (non-hydrogen) atoms. The summed E-state index contributed by atoms with van der Waals surface area (Å²) in [5, 5.41) is 13.8. The van der Waals surface area contributed by atoms with Gasteiger partial charge in [-0.05, 0) is 13.0 Å². The summed E-state index contributed by atoms with van der Waals surface area (Å²) in [6.45, 7) is 1.85. The summed E-state index contributed by atoms with van der Waals surface area (Å²) in [5.74, 6) is 0.119. The zero-order valence-corrected chi connectivity index (χ0v) is 8.53. The molecule has 0 atom stereocenters. The number of amides is 1. The predicted molar refractivity (Wildman–Crippen MR) is 54.0 cm³/mol. The summed E-state index contributed by atoms with van der Waals surface area (Å²) < 4.78 is 0. The van der Waals surface area contributed by atoms with Gasteiger partial charge >= 0.3 is 0 Å². The van der Waals surface area contributed by atoms with E-state index in [1.165, 1.54) is 0 Å². The van der Waals surface area contributed by atoms with E-state index in [4.69, 9.17) is 5.26 Å². The van der Waals surface area contributed by atoms with Gasteiger partial charge in [-0.2, -0.15) is 5.26 Å². The highest BCUT2D eigenvalue weighted by Gasteiger charge is 2.03. The van der Waals surface area contributed by atoms with E-state index in [1.54, 1.807) is 20.0 Å². The number of aryl methyl sites for hydroxylation is 1. The standard InChI is InChI=1S/C9H11N5O/c1-6-3-7(4-10)14-9(13-6)12-5-8(15)11-2/h3H,5H2,1-2H3,(H,11,15)(H,12,13,14). The smallest absolute Gasteiger partial charge is 0.239 e. The third kappa shape index (κ3) is 3.23. The van der Waals surface area contributed by atoms with Crippen molar-refractivity contribution in [2.24, 2.45) is 0 Å². The Labute approximate surface area is 87.3 Å². The number of nitriles is 1. The van der Waals surface area contributed by atoms with Crippen molar-refractivity contribution in [3.05, 3.63) is 17.5 Å².